The van der Waals surface area contributed by atoms with Crippen molar-refractivity contribution in [3.63, 3.8) is 0 Å². The lowest BCUT2D eigenvalue weighted by Gasteiger charge is -2.21. The van der Waals surface area contributed by atoms with Gasteiger partial charge in [0.2, 0.25) is 0 Å². The predicted octanol–water partition coefficient (Wildman–Crippen LogP) is 1.68. The molecule has 0 bridgehead atoms. The smallest absolute Gasteiger partial charge is 0.281 e. The Kier molecular flexibility index (Phi) is 4.96. The summed E-state index contributed by atoms with van der Waals surface area (Å²) in [5.74, 6) is 0.0309. The summed E-state index contributed by atoms with van der Waals surface area (Å²) in [4.78, 5) is 26.7. The molecule has 1 unspecified atom stereocenters. The summed E-state index contributed by atoms with van der Waals surface area (Å²) in [6, 6.07) is 6.51. The number of benzene rings is 1. The van der Waals surface area contributed by atoms with E-state index >= 15 is 0 Å². The molecule has 1 aromatic carbocycles. The zero-order valence-electron chi connectivity index (χ0n) is 12.9. The van der Waals surface area contributed by atoms with E-state index in [1.54, 1.807) is 29.2 Å². The molecule has 2 aliphatic rings. The van der Waals surface area contributed by atoms with Crippen molar-refractivity contribution < 1.29 is 14.6 Å². The van der Waals surface area contributed by atoms with Crippen LogP contribution in [0.5, 0.6) is 0 Å². The number of carbonyl (C=O) groups excluding carboxylic acids is 1. The molecular formula is C15H17ClN4O4. The second-order valence-electron chi connectivity index (χ2n) is 5.78. The van der Waals surface area contributed by atoms with Crippen LogP contribution in [0.3, 0.4) is 0 Å². The monoisotopic (exact) mass is 352 g/mol. The van der Waals surface area contributed by atoms with Gasteiger partial charge in [-0.15, -0.1) is 0 Å². The fourth-order valence-electron chi connectivity index (χ4n) is 2.96. The molecule has 128 valence electrons. The van der Waals surface area contributed by atoms with Gasteiger partial charge in [0.1, 0.15) is 5.10 Å². The van der Waals surface area contributed by atoms with Gasteiger partial charge in [-0.3, -0.25) is 9.69 Å². The highest BCUT2D eigenvalue weighted by Gasteiger charge is 2.36. The number of ether oxygens (including phenoxy) is 1. The third-order valence-corrected chi connectivity index (χ3v) is 4.34. The van der Waals surface area contributed by atoms with Gasteiger partial charge < -0.3 is 9.64 Å². The Balaban J connectivity index is 1.81. The highest BCUT2D eigenvalue weighted by atomic mass is 35.5. The van der Waals surface area contributed by atoms with Crippen molar-refractivity contribution in [3.8, 4) is 0 Å². The fraction of sp³-hybridized carbons (Fsp3) is 0.467. The molecule has 0 N–H and O–H groups in total. The van der Waals surface area contributed by atoms with E-state index in [0.717, 1.165) is 6.42 Å². The third kappa shape index (κ3) is 3.65. The fourth-order valence-corrected chi connectivity index (χ4v) is 3.15. The molecule has 9 heteroatoms. The van der Waals surface area contributed by atoms with Gasteiger partial charge >= 0.3 is 0 Å². The molecule has 0 spiro atoms. The van der Waals surface area contributed by atoms with Crippen molar-refractivity contribution in [3.05, 3.63) is 45.0 Å². The Hall–Kier alpha value is -2.19. The van der Waals surface area contributed by atoms with Crippen LogP contribution in [0, 0.1) is 16.0 Å². The molecule has 0 aliphatic carbocycles. The van der Waals surface area contributed by atoms with Crippen molar-refractivity contribution in [2.75, 3.05) is 32.8 Å². The quantitative estimate of drug-likeness (QED) is 0.607. The highest BCUT2D eigenvalue weighted by Crippen LogP contribution is 2.20. The summed E-state index contributed by atoms with van der Waals surface area (Å²) in [6.07, 6.45) is 0.907. The minimum absolute atomic E-state index is 0.0804. The van der Waals surface area contributed by atoms with E-state index < -0.39 is 5.03 Å². The van der Waals surface area contributed by atoms with Gasteiger partial charge in [0, 0.05) is 42.7 Å². The lowest BCUT2D eigenvalue weighted by atomic mass is 10.1. The van der Waals surface area contributed by atoms with E-state index in [1.165, 1.54) is 4.90 Å². The molecule has 3 rings (SSSR count). The van der Waals surface area contributed by atoms with Crippen LogP contribution in [0.1, 0.15) is 16.8 Å². The van der Waals surface area contributed by atoms with Gasteiger partial charge in [0.15, 0.2) is 5.03 Å². The second-order valence-corrected chi connectivity index (χ2v) is 6.22. The van der Waals surface area contributed by atoms with Gasteiger partial charge in [-0.1, -0.05) is 17.7 Å². The van der Waals surface area contributed by atoms with Crippen LogP contribution in [-0.4, -0.2) is 59.5 Å². The maximum Gasteiger partial charge on any atom is 0.281 e. The Morgan fingerprint density at radius 2 is 2.29 bits per heavy atom. The van der Waals surface area contributed by atoms with E-state index in [1.807, 2.05) is 0 Å². The maximum atomic E-state index is 12.7. The Bertz CT molecular complexity index is 675. The van der Waals surface area contributed by atoms with Crippen LogP contribution >= 0.6 is 11.6 Å². The number of hydrazone groups is 1. The first-order valence-electron chi connectivity index (χ1n) is 7.67. The van der Waals surface area contributed by atoms with Crippen molar-refractivity contribution in [2.24, 2.45) is 11.0 Å². The molecule has 24 heavy (non-hydrogen) atoms. The zero-order chi connectivity index (χ0) is 17.1. The number of amides is 1. The molecule has 1 amide bonds. The molecule has 0 saturated carbocycles. The number of nitro groups is 1. The van der Waals surface area contributed by atoms with Gasteiger partial charge in [0.05, 0.1) is 6.61 Å². The van der Waals surface area contributed by atoms with Gasteiger partial charge in [-0.25, -0.2) is 10.1 Å². The highest BCUT2D eigenvalue weighted by molar-refractivity contribution is 6.31. The SMILES string of the molecule is O=C(c1cccc(Cl)c1)N1CCN(CC2CCOC2)C1=N[N+](=O)[O-]. The van der Waals surface area contributed by atoms with E-state index in [4.69, 9.17) is 16.3 Å². The topological polar surface area (TPSA) is 88.3 Å². The van der Waals surface area contributed by atoms with Crippen LogP contribution in [0.25, 0.3) is 0 Å². The van der Waals surface area contributed by atoms with Gasteiger partial charge in [-0.05, 0) is 24.6 Å². The summed E-state index contributed by atoms with van der Waals surface area (Å²) in [5.41, 5.74) is 0.379. The first-order chi connectivity index (χ1) is 11.5. The van der Waals surface area contributed by atoms with Crippen molar-refractivity contribution in [2.45, 2.75) is 6.42 Å². The largest absolute Gasteiger partial charge is 0.381 e. The molecule has 8 nitrogen and oxygen atoms in total. The minimum atomic E-state index is -0.767. The lowest BCUT2D eigenvalue weighted by molar-refractivity contribution is -0.486. The second kappa shape index (κ2) is 7.14. The zero-order valence-corrected chi connectivity index (χ0v) is 13.7. The van der Waals surface area contributed by atoms with E-state index in [-0.39, 0.29) is 11.9 Å². The molecule has 0 aromatic heterocycles. The van der Waals surface area contributed by atoms with Gasteiger partial charge in [0.25, 0.3) is 11.9 Å². The predicted molar refractivity (Wildman–Crippen MR) is 87.4 cm³/mol. The number of hydrogen-bond donors (Lipinski definition) is 0. The Morgan fingerprint density at radius 3 is 2.96 bits per heavy atom. The first-order valence-corrected chi connectivity index (χ1v) is 8.05. The maximum absolute atomic E-state index is 12.7. The molecule has 1 atom stereocenters. The van der Waals surface area contributed by atoms with Crippen LogP contribution in [0.2, 0.25) is 5.02 Å². The summed E-state index contributed by atoms with van der Waals surface area (Å²) in [7, 11) is 0. The normalized spacial score (nSPS) is 22.4. The average Bonchev–Trinajstić information content (AvgIpc) is 3.18. The number of guanidine groups is 1. The lowest BCUT2D eigenvalue weighted by Crippen LogP contribution is -2.40. The van der Waals surface area contributed by atoms with Crippen LogP contribution in [0.4, 0.5) is 0 Å². The molecule has 2 saturated heterocycles. The summed E-state index contributed by atoms with van der Waals surface area (Å²) in [6.45, 7) is 2.78. The molecule has 0 radical (unpaired) electrons. The van der Waals surface area contributed by atoms with Crippen LogP contribution in [-0.2, 0) is 4.74 Å². The number of halogens is 1. The van der Waals surface area contributed by atoms with Gasteiger partial charge in [-0.2, -0.15) is 0 Å². The summed E-state index contributed by atoms with van der Waals surface area (Å²) in [5, 5.41) is 14.0. The third-order valence-electron chi connectivity index (χ3n) is 4.11. The number of carbonyl (C=O) groups is 1. The van der Waals surface area contributed by atoms with E-state index in [0.29, 0.717) is 49.4 Å². The van der Waals surface area contributed by atoms with Crippen molar-refractivity contribution >= 4 is 23.5 Å². The van der Waals surface area contributed by atoms with Crippen molar-refractivity contribution in [1.29, 1.82) is 0 Å². The van der Waals surface area contributed by atoms with Crippen LogP contribution in [0.15, 0.2) is 29.4 Å². The number of nitrogens with zero attached hydrogens (tertiary/aromatic N) is 4. The molecular weight excluding hydrogens is 336 g/mol. The van der Waals surface area contributed by atoms with E-state index in [9.17, 15) is 14.9 Å². The minimum Gasteiger partial charge on any atom is -0.381 e. The molecule has 2 heterocycles. The first kappa shape index (κ1) is 16.7. The average molecular weight is 353 g/mol. The number of hydrogen-bond acceptors (Lipinski definition) is 4. The van der Waals surface area contributed by atoms with E-state index in [2.05, 4.69) is 5.10 Å². The standard InChI is InChI=1S/C15H17ClN4O4/c16-13-3-1-2-12(8-13)14(21)19-6-5-18(15(19)17-20(22)23)9-11-4-7-24-10-11/h1-3,8,11H,4-7,9-10H2. The molecule has 2 aliphatic heterocycles. The van der Waals surface area contributed by atoms with Crippen LogP contribution < -0.4 is 0 Å². The van der Waals surface area contributed by atoms with Crippen molar-refractivity contribution in [1.82, 2.24) is 9.80 Å². The Morgan fingerprint density at radius 1 is 1.46 bits per heavy atom. The molecule has 2 fully saturated rings. The summed E-state index contributed by atoms with van der Waals surface area (Å²) < 4.78 is 5.34. The number of rotatable bonds is 4. The summed E-state index contributed by atoms with van der Waals surface area (Å²) >= 11 is 5.92. The molecule has 1 aromatic rings. The Labute approximate surface area is 143 Å².